The van der Waals surface area contributed by atoms with Gasteiger partial charge in [-0.1, -0.05) is 249 Å². The SMILES string of the molecule is O=c1[nH][nH]c(=O)c2c1ccc1ccc3ccccc3c12.O=c1[nH][nH]c(=O)c2c1ccc1ccccc12.O=c1[nH][nH]c(=O)c2c3c(ccc12)Cc1ccccc1-3.O=c1[nH][nH]c(=O)c2c3ccc4ccc5ccc6ccc7ccc(c12)c1c7c6c5c4c31.O=c1[nH][nH]c(=O)c2c3ccc4cccc5c6cccc7ccc(c12)c(c76)c3c45.O=c1[nH][nH]c(=O)c2cc3cc4ccccc4cc3cc12. The number of benzene rings is 23. The quantitative estimate of drug-likeness (QED) is 0.0498. The summed E-state index contributed by atoms with van der Waals surface area (Å²) >= 11 is 0. The van der Waals surface area contributed by atoms with Crippen LogP contribution in [-0.2, 0) is 6.42 Å². The highest BCUT2D eigenvalue weighted by molar-refractivity contribution is 6.48. The maximum absolute atomic E-state index is 12.9. The molecule has 0 amide bonds. The van der Waals surface area contributed by atoms with Gasteiger partial charge in [0.25, 0.3) is 66.7 Å². The van der Waals surface area contributed by atoms with Gasteiger partial charge in [-0.3, -0.25) is 119 Å². The summed E-state index contributed by atoms with van der Waals surface area (Å²) < 4.78 is 0. The molecule has 24 heteroatoms. The molecule has 6 aromatic heterocycles. The van der Waals surface area contributed by atoms with Gasteiger partial charge in [0.1, 0.15) is 0 Å². The van der Waals surface area contributed by atoms with E-state index in [0.717, 1.165) is 152 Å². The van der Waals surface area contributed by atoms with Crippen molar-refractivity contribution < 1.29 is 0 Å². The summed E-state index contributed by atoms with van der Waals surface area (Å²) in [5, 5.41) is 68.0. The largest absolute Gasteiger partial charge is 0.271 e. The summed E-state index contributed by atoms with van der Waals surface area (Å²) in [6.07, 6.45) is 0.813. The van der Waals surface area contributed by atoms with Crippen LogP contribution in [0.2, 0.25) is 0 Å². The Morgan fingerprint density at radius 2 is 0.391 bits per heavy atom. The Labute approximate surface area is 737 Å². The Morgan fingerprint density at radius 3 is 0.827 bits per heavy atom. The van der Waals surface area contributed by atoms with Gasteiger partial charge >= 0.3 is 0 Å². The van der Waals surface area contributed by atoms with Gasteiger partial charge in [0, 0.05) is 5.39 Å². The van der Waals surface area contributed by atoms with E-state index in [2.05, 4.69) is 152 Å². The van der Waals surface area contributed by atoms with Crippen LogP contribution in [0.5, 0.6) is 0 Å². The Bertz CT molecular complexity index is 10600. The smallest absolute Gasteiger partial charge is 0.267 e. The molecule has 12 N–H and O–H groups in total. The van der Waals surface area contributed by atoms with Gasteiger partial charge in [-0.25, -0.2) is 0 Å². The number of fused-ring (bicyclic) bond motifs is 23. The zero-order chi connectivity index (χ0) is 89.8. The van der Waals surface area contributed by atoms with Gasteiger partial charge in [-0.2, -0.15) is 0 Å². The molecule has 29 aromatic rings. The molecule has 24 nitrogen and oxygen atoms in total. The van der Waals surface area contributed by atoms with Crippen molar-refractivity contribution in [1.29, 1.82) is 0 Å². The molecular formula is C109H62N12O12. The molecule has 1 aliphatic carbocycles. The second-order valence-electron chi connectivity index (χ2n) is 33.7. The van der Waals surface area contributed by atoms with Gasteiger partial charge in [0.15, 0.2) is 0 Å². The summed E-state index contributed by atoms with van der Waals surface area (Å²) in [7, 11) is 0. The lowest BCUT2D eigenvalue weighted by Crippen LogP contribution is -2.19. The van der Waals surface area contributed by atoms with Crippen LogP contribution in [-0.4, -0.2) is 61.2 Å². The van der Waals surface area contributed by atoms with Gasteiger partial charge in [-0.15, -0.1) is 0 Å². The zero-order valence-electron chi connectivity index (χ0n) is 69.3. The summed E-state index contributed by atoms with van der Waals surface area (Å²) in [5.41, 5.74) is 0.996. The van der Waals surface area contributed by atoms with Crippen molar-refractivity contribution in [3.63, 3.8) is 0 Å². The molecule has 630 valence electrons. The van der Waals surface area contributed by atoms with E-state index >= 15 is 0 Å². The monoisotopic (exact) mass is 1730 g/mol. The number of rotatable bonds is 0. The molecule has 6 heterocycles. The average molecular weight is 1730 g/mol. The molecule has 0 radical (unpaired) electrons. The van der Waals surface area contributed by atoms with Crippen LogP contribution in [0.3, 0.4) is 0 Å². The zero-order valence-corrected chi connectivity index (χ0v) is 69.3. The fraction of sp³-hybridized carbons (Fsp3) is 0.00917. The van der Waals surface area contributed by atoms with E-state index in [1.54, 1.807) is 30.3 Å². The number of aromatic nitrogens is 12. The molecule has 0 bridgehead atoms. The summed E-state index contributed by atoms with van der Waals surface area (Å²) in [5.74, 6) is 0. The average Bonchev–Trinajstić information content (AvgIpc) is 0.924. The second kappa shape index (κ2) is 28.8. The molecular weight excluding hydrogens is 1670 g/mol. The van der Waals surface area contributed by atoms with E-state index in [1.165, 1.54) is 48.7 Å². The molecule has 0 fully saturated rings. The molecule has 0 saturated heterocycles. The van der Waals surface area contributed by atoms with Crippen molar-refractivity contribution in [2.24, 2.45) is 0 Å². The Morgan fingerprint density at radius 1 is 0.135 bits per heavy atom. The van der Waals surface area contributed by atoms with Crippen molar-refractivity contribution in [3.8, 4) is 11.1 Å². The summed E-state index contributed by atoms with van der Waals surface area (Å²) in [6.45, 7) is 0. The fourth-order valence-corrected chi connectivity index (χ4v) is 21.1. The third-order valence-electron chi connectivity index (χ3n) is 26.8. The van der Waals surface area contributed by atoms with E-state index in [0.29, 0.717) is 64.6 Å². The first kappa shape index (κ1) is 76.6. The van der Waals surface area contributed by atoms with Crippen molar-refractivity contribution in [3.05, 3.63) is 427 Å². The molecule has 1 aliphatic rings. The number of aromatic amines is 12. The van der Waals surface area contributed by atoms with Gasteiger partial charge in [-0.05, 0) is 238 Å². The van der Waals surface area contributed by atoms with Crippen molar-refractivity contribution in [1.82, 2.24) is 61.2 Å². The second-order valence-corrected chi connectivity index (χ2v) is 33.7. The Hall–Kier alpha value is -18.8. The van der Waals surface area contributed by atoms with Crippen LogP contribution in [0.1, 0.15) is 11.1 Å². The summed E-state index contributed by atoms with van der Waals surface area (Å²) in [6, 6.07) is 95.5. The van der Waals surface area contributed by atoms with Crippen LogP contribution in [0.25, 0.3) is 248 Å². The first-order chi connectivity index (χ1) is 65.0. The van der Waals surface area contributed by atoms with Crippen molar-refractivity contribution in [2.45, 2.75) is 6.42 Å². The molecule has 23 aromatic carbocycles. The highest BCUT2D eigenvalue weighted by Crippen LogP contribution is 2.51. The third-order valence-corrected chi connectivity index (χ3v) is 26.8. The number of nitrogens with one attached hydrogen (secondary N) is 12. The van der Waals surface area contributed by atoms with Crippen LogP contribution >= 0.6 is 0 Å². The molecule has 0 atom stereocenters. The van der Waals surface area contributed by atoms with Crippen LogP contribution in [0.4, 0.5) is 0 Å². The van der Waals surface area contributed by atoms with Gasteiger partial charge in [0.05, 0.1) is 64.6 Å². The first-order valence-corrected chi connectivity index (χ1v) is 42.8. The molecule has 0 aliphatic heterocycles. The highest BCUT2D eigenvalue weighted by atomic mass is 16.2. The van der Waals surface area contributed by atoms with Crippen molar-refractivity contribution in [2.75, 3.05) is 0 Å². The highest BCUT2D eigenvalue weighted by Gasteiger charge is 2.28. The van der Waals surface area contributed by atoms with E-state index in [4.69, 9.17) is 0 Å². The van der Waals surface area contributed by atoms with Gasteiger partial charge < -0.3 is 0 Å². The Balaban J connectivity index is 0.0000000868. The lowest BCUT2D eigenvalue weighted by Gasteiger charge is -2.21. The lowest BCUT2D eigenvalue weighted by molar-refractivity contribution is 0.976. The predicted molar refractivity (Wildman–Crippen MR) is 535 cm³/mol. The minimum atomic E-state index is -0.283. The van der Waals surface area contributed by atoms with Crippen LogP contribution in [0, 0.1) is 0 Å². The van der Waals surface area contributed by atoms with Crippen LogP contribution < -0.4 is 66.7 Å². The molecule has 0 spiro atoms. The lowest BCUT2D eigenvalue weighted by atomic mass is 9.81. The van der Waals surface area contributed by atoms with Crippen LogP contribution in [0.15, 0.2) is 349 Å². The van der Waals surface area contributed by atoms with E-state index in [1.807, 2.05) is 170 Å². The fourth-order valence-electron chi connectivity index (χ4n) is 21.1. The minimum Gasteiger partial charge on any atom is -0.267 e. The molecule has 30 rings (SSSR count). The van der Waals surface area contributed by atoms with E-state index in [-0.39, 0.29) is 66.7 Å². The molecule has 133 heavy (non-hydrogen) atoms. The molecule has 0 saturated carbocycles. The van der Waals surface area contributed by atoms with E-state index in [9.17, 15) is 57.5 Å². The number of hydrogen-bond donors (Lipinski definition) is 12. The maximum atomic E-state index is 12.9. The number of H-pyrrole nitrogens is 12. The first-order valence-electron chi connectivity index (χ1n) is 42.8. The minimum absolute atomic E-state index is 0.247. The normalized spacial score (nSPS) is 12.1. The third kappa shape index (κ3) is 11.4. The number of hydrogen-bond acceptors (Lipinski definition) is 12. The van der Waals surface area contributed by atoms with E-state index < -0.39 is 0 Å². The van der Waals surface area contributed by atoms with Crippen molar-refractivity contribution >= 4 is 237 Å². The summed E-state index contributed by atoms with van der Waals surface area (Å²) in [4.78, 5) is 146. The van der Waals surface area contributed by atoms with Gasteiger partial charge in [0.2, 0.25) is 0 Å². The standard InChI is InChI=1S/C26H12N2O2.C24H12N2O2.2C16H10N2O2.C15H10N2O2.C12H8N2O2/c29-25-23-15-9-7-13-5-3-11-1-2-12-4-6-14-8-10-16(24(23)26(30)28-27-25)22-20(14)18(12)17(11)19(13)21(15)22;27-23-21-15-9-7-11-3-1-5-13-14-6-2-4-12-8-10-16(22(21)24(28)26-25-23)20(18(12)14)19(15)17(11)13;19-15-13-7-11-5-9-3-1-2-4-10(9)6-12(11)8-14(13)16(20)18-17-15;19-15-12-8-7-10-6-5-9-3-1-2-4-11(9)13(10)14(12)16(20)18-17-15;18-14-11-6-5-9-7-8-3-1-2-4-10(8)12(9)13(11)15(19)17-16-14;15-11-9-6-5-7-3-1-2-4-8(7)10(9)12(16)14-13-11/h1-10H,(H,27,29)(H,28,30);1-10H,(H,25,27)(H,26,28);2*1-8H,(H,17,19)(H,18,20);1-6H,7H2,(H,16,18)(H,17,19);1-6H,(H,13,15)(H,14,16). The molecule has 0 unspecified atom stereocenters. The topological polar surface area (TPSA) is 394 Å². The Kier molecular flexibility index (Phi) is 16.6. The maximum Gasteiger partial charge on any atom is 0.271 e. The predicted octanol–water partition coefficient (Wildman–Crippen LogP) is 18.5.